The molecule has 102 valence electrons. The molecule has 4 saturated carbocycles. The van der Waals surface area contributed by atoms with Crippen LogP contribution in [0.1, 0.15) is 44.2 Å². The Morgan fingerprint density at radius 1 is 1.21 bits per heavy atom. The van der Waals surface area contributed by atoms with Gasteiger partial charge in [-0.05, 0) is 69.3 Å². The van der Waals surface area contributed by atoms with Crippen molar-refractivity contribution in [1.29, 1.82) is 0 Å². The van der Waals surface area contributed by atoms with Gasteiger partial charge < -0.3 is 5.73 Å². The van der Waals surface area contributed by atoms with Gasteiger partial charge in [-0.3, -0.25) is 4.57 Å². The first-order chi connectivity index (χ1) is 9.06. The average Bonchev–Trinajstić information content (AvgIpc) is 2.24. The molecule has 4 fully saturated rings. The summed E-state index contributed by atoms with van der Waals surface area (Å²) in [5.41, 5.74) is 6.59. The second-order valence-corrected chi connectivity index (χ2v) is 7.08. The number of nitrogens with zero attached hydrogens (tertiary/aromatic N) is 2. The van der Waals surface area contributed by atoms with Gasteiger partial charge in [0.05, 0.1) is 5.54 Å². The molecule has 0 atom stereocenters. The summed E-state index contributed by atoms with van der Waals surface area (Å²) in [4.78, 5) is 16.3. The van der Waals surface area contributed by atoms with E-state index in [2.05, 4.69) is 4.98 Å². The van der Waals surface area contributed by atoms with Crippen molar-refractivity contribution in [2.24, 2.45) is 17.8 Å². The summed E-state index contributed by atoms with van der Waals surface area (Å²) in [5, 5.41) is 0. The second-order valence-electron chi connectivity index (χ2n) is 7.08. The fraction of sp³-hybridized carbons (Fsp3) is 0.733. The third-order valence-electron chi connectivity index (χ3n) is 5.61. The Bertz CT molecular complexity index is 554. The van der Waals surface area contributed by atoms with Crippen LogP contribution in [0.2, 0.25) is 0 Å². The molecular formula is C15H21N3O. The van der Waals surface area contributed by atoms with Gasteiger partial charge in [0.2, 0.25) is 0 Å². The molecule has 4 nitrogen and oxygen atoms in total. The molecule has 0 radical (unpaired) electrons. The quantitative estimate of drug-likeness (QED) is 0.839. The molecule has 4 heteroatoms. The fourth-order valence-corrected chi connectivity index (χ4v) is 5.54. The zero-order valence-corrected chi connectivity index (χ0v) is 11.4. The fourth-order valence-electron chi connectivity index (χ4n) is 5.54. The number of aryl methyl sites for hydroxylation is 1. The monoisotopic (exact) mass is 259 g/mol. The van der Waals surface area contributed by atoms with Gasteiger partial charge in [-0.15, -0.1) is 0 Å². The summed E-state index contributed by atoms with van der Waals surface area (Å²) in [5.74, 6) is 2.84. The Morgan fingerprint density at radius 2 is 1.74 bits per heavy atom. The lowest BCUT2D eigenvalue weighted by Gasteiger charge is -2.57. The molecule has 1 aromatic rings. The number of hydrogen-bond donors (Lipinski definition) is 1. The van der Waals surface area contributed by atoms with E-state index >= 15 is 0 Å². The van der Waals surface area contributed by atoms with Crippen LogP contribution in [0, 0.1) is 24.7 Å². The number of rotatable bonds is 1. The summed E-state index contributed by atoms with van der Waals surface area (Å²) in [7, 11) is 0. The van der Waals surface area contributed by atoms with Gasteiger partial charge in [0.1, 0.15) is 5.82 Å². The molecule has 4 aliphatic carbocycles. The van der Waals surface area contributed by atoms with Crippen molar-refractivity contribution >= 4 is 5.82 Å². The SMILES string of the molecule is Cc1cc(N)nc(=O)n1C12CC3CC(CC(C3)C1)C2. The van der Waals surface area contributed by atoms with Gasteiger partial charge in [-0.2, -0.15) is 4.98 Å². The van der Waals surface area contributed by atoms with Crippen LogP contribution in [-0.4, -0.2) is 9.55 Å². The maximum atomic E-state index is 12.3. The highest BCUT2D eigenvalue weighted by molar-refractivity contribution is 5.29. The smallest absolute Gasteiger partial charge is 0.350 e. The van der Waals surface area contributed by atoms with Crippen LogP contribution in [-0.2, 0) is 5.54 Å². The van der Waals surface area contributed by atoms with Gasteiger partial charge >= 0.3 is 5.69 Å². The van der Waals surface area contributed by atoms with Gasteiger partial charge in [-0.1, -0.05) is 0 Å². The third-order valence-corrected chi connectivity index (χ3v) is 5.61. The number of aromatic nitrogens is 2. The third kappa shape index (κ3) is 1.58. The zero-order valence-electron chi connectivity index (χ0n) is 11.4. The van der Waals surface area contributed by atoms with E-state index in [1.54, 1.807) is 0 Å². The summed E-state index contributed by atoms with van der Waals surface area (Å²) < 4.78 is 1.98. The number of nitrogens with two attached hydrogens (primary N) is 1. The van der Waals surface area contributed by atoms with Crippen molar-refractivity contribution in [3.63, 3.8) is 0 Å². The first kappa shape index (κ1) is 11.5. The molecule has 4 bridgehead atoms. The van der Waals surface area contributed by atoms with E-state index in [1.807, 2.05) is 17.6 Å². The molecule has 19 heavy (non-hydrogen) atoms. The first-order valence-corrected chi connectivity index (χ1v) is 7.42. The van der Waals surface area contributed by atoms with Gasteiger partial charge in [0.15, 0.2) is 0 Å². The van der Waals surface area contributed by atoms with E-state index in [9.17, 15) is 4.79 Å². The van der Waals surface area contributed by atoms with Crippen LogP contribution in [0.15, 0.2) is 10.9 Å². The average molecular weight is 259 g/mol. The van der Waals surface area contributed by atoms with Crippen molar-refractivity contribution in [2.75, 3.05) is 5.73 Å². The molecule has 0 unspecified atom stereocenters. The molecular weight excluding hydrogens is 238 g/mol. The zero-order chi connectivity index (χ0) is 13.2. The molecule has 1 heterocycles. The summed E-state index contributed by atoms with van der Waals surface area (Å²) in [6, 6.07) is 1.85. The molecule has 0 saturated heterocycles. The first-order valence-electron chi connectivity index (χ1n) is 7.42. The van der Waals surface area contributed by atoms with Crippen LogP contribution in [0.25, 0.3) is 0 Å². The predicted octanol–water partition coefficient (Wildman–Crippen LogP) is 2.06. The van der Waals surface area contributed by atoms with Crippen LogP contribution in [0.4, 0.5) is 5.82 Å². The Hall–Kier alpha value is -1.32. The van der Waals surface area contributed by atoms with E-state index < -0.39 is 0 Å². The molecule has 2 N–H and O–H groups in total. The van der Waals surface area contributed by atoms with Crippen molar-refractivity contribution < 1.29 is 0 Å². The largest absolute Gasteiger partial charge is 0.383 e. The van der Waals surface area contributed by atoms with E-state index in [0.717, 1.165) is 23.4 Å². The molecule has 0 aliphatic heterocycles. The highest BCUT2D eigenvalue weighted by Crippen LogP contribution is 2.58. The maximum absolute atomic E-state index is 12.3. The lowest BCUT2D eigenvalue weighted by atomic mass is 9.53. The molecule has 0 spiro atoms. The minimum absolute atomic E-state index is 0.0522. The normalized spacial score (nSPS) is 39.7. The lowest BCUT2D eigenvalue weighted by molar-refractivity contribution is -0.0463. The van der Waals surface area contributed by atoms with Crippen LogP contribution < -0.4 is 11.4 Å². The number of anilines is 1. The summed E-state index contributed by atoms with van der Waals surface area (Å²) in [6.45, 7) is 2.00. The highest BCUT2D eigenvalue weighted by Gasteiger charge is 2.52. The van der Waals surface area contributed by atoms with Crippen molar-refractivity contribution in [1.82, 2.24) is 9.55 Å². The predicted molar refractivity (Wildman–Crippen MR) is 73.8 cm³/mol. The standard InChI is InChI=1S/C15H21N3O/c1-9-2-13(16)17-14(19)18(9)15-6-10-3-11(7-15)5-12(4-10)8-15/h2,10-12H,3-8H2,1H3,(H2,16,17,19). The number of hydrogen-bond acceptors (Lipinski definition) is 3. The van der Waals surface area contributed by atoms with E-state index in [0.29, 0.717) is 5.82 Å². The van der Waals surface area contributed by atoms with E-state index in [4.69, 9.17) is 5.73 Å². The highest BCUT2D eigenvalue weighted by atomic mass is 16.1. The Balaban J connectivity index is 1.86. The van der Waals surface area contributed by atoms with E-state index in [-0.39, 0.29) is 11.2 Å². The minimum Gasteiger partial charge on any atom is -0.383 e. The van der Waals surface area contributed by atoms with Crippen LogP contribution >= 0.6 is 0 Å². The summed E-state index contributed by atoms with van der Waals surface area (Å²) >= 11 is 0. The molecule has 5 rings (SSSR count). The van der Waals surface area contributed by atoms with E-state index in [1.165, 1.54) is 38.5 Å². The topological polar surface area (TPSA) is 60.9 Å². The number of nitrogen functional groups attached to an aromatic ring is 1. The lowest BCUT2D eigenvalue weighted by Crippen LogP contribution is -2.55. The molecule has 0 amide bonds. The van der Waals surface area contributed by atoms with Crippen LogP contribution in [0.5, 0.6) is 0 Å². The molecule has 1 aromatic heterocycles. The van der Waals surface area contributed by atoms with Gasteiger partial charge in [0.25, 0.3) is 0 Å². The molecule has 0 aromatic carbocycles. The molecule has 4 aliphatic rings. The van der Waals surface area contributed by atoms with Crippen molar-refractivity contribution in [2.45, 2.75) is 51.0 Å². The minimum atomic E-state index is -0.139. The van der Waals surface area contributed by atoms with Crippen LogP contribution in [0.3, 0.4) is 0 Å². The van der Waals surface area contributed by atoms with Gasteiger partial charge in [0, 0.05) is 5.69 Å². The van der Waals surface area contributed by atoms with Gasteiger partial charge in [-0.25, -0.2) is 4.79 Å². The van der Waals surface area contributed by atoms with Crippen molar-refractivity contribution in [3.8, 4) is 0 Å². The maximum Gasteiger partial charge on any atom is 0.350 e. The second kappa shape index (κ2) is 3.62. The summed E-state index contributed by atoms with van der Waals surface area (Å²) in [6.07, 6.45) is 7.67. The Morgan fingerprint density at radius 3 is 2.21 bits per heavy atom. The van der Waals surface area contributed by atoms with Crippen molar-refractivity contribution in [3.05, 3.63) is 22.2 Å². The Labute approximate surface area is 113 Å². The Kier molecular flexibility index (Phi) is 2.19.